The third-order valence-electron chi connectivity index (χ3n) is 3.26. The minimum absolute atomic E-state index is 0.169. The van der Waals surface area contributed by atoms with Gasteiger partial charge in [0.15, 0.2) is 5.13 Å². The topological polar surface area (TPSA) is 83.3 Å². The molecule has 1 saturated heterocycles. The number of hydrogen-bond donors (Lipinski definition) is 3. The molecule has 0 unspecified atom stereocenters. The van der Waals surface area contributed by atoms with Gasteiger partial charge in [0.1, 0.15) is 0 Å². The van der Waals surface area contributed by atoms with Crippen LogP contribution in [0.3, 0.4) is 0 Å². The number of nitrogens with zero attached hydrogens (tertiary/aromatic N) is 2. The van der Waals surface area contributed by atoms with Gasteiger partial charge >= 0.3 is 0 Å². The maximum atomic E-state index is 11.5. The van der Waals surface area contributed by atoms with Crippen LogP contribution in [0.2, 0.25) is 0 Å². The van der Waals surface area contributed by atoms with Crippen molar-refractivity contribution < 1.29 is 4.79 Å². The van der Waals surface area contributed by atoms with Crippen molar-refractivity contribution in [3.63, 3.8) is 0 Å². The highest BCUT2D eigenvalue weighted by Gasteiger charge is 2.24. The molecule has 1 aliphatic heterocycles. The van der Waals surface area contributed by atoms with E-state index in [1.165, 1.54) is 4.88 Å². The zero-order valence-corrected chi connectivity index (χ0v) is 11.3. The molecule has 100 valence electrons. The van der Waals surface area contributed by atoms with Gasteiger partial charge in [0, 0.05) is 30.6 Å². The van der Waals surface area contributed by atoms with Gasteiger partial charge in [0.05, 0.1) is 0 Å². The normalized spacial score (nSPS) is 17.7. The summed E-state index contributed by atoms with van der Waals surface area (Å²) in [6.45, 7) is 2.81. The summed E-state index contributed by atoms with van der Waals surface area (Å²) in [6.07, 6.45) is 3.71. The fourth-order valence-electron chi connectivity index (χ4n) is 2.23. The summed E-state index contributed by atoms with van der Waals surface area (Å²) in [4.78, 5) is 19.2. The van der Waals surface area contributed by atoms with E-state index in [1.54, 1.807) is 18.4 Å². The lowest BCUT2D eigenvalue weighted by Gasteiger charge is -2.30. The molecule has 7 heteroatoms. The van der Waals surface area contributed by atoms with E-state index < -0.39 is 0 Å². The third-order valence-corrected chi connectivity index (χ3v) is 4.17. The first-order valence-electron chi connectivity index (χ1n) is 6.08. The molecule has 1 amide bonds. The standard InChI is InChI=1S/C11H19N5OS/c1-13-10(17)8-2-4-16(5-3-8)7-9-6-14-11(15-12)18-9/h6,8H,2-5,7,12H2,1H3,(H,13,17)(H,14,15). The number of likely N-dealkylation sites (tertiary alicyclic amines) is 1. The van der Waals surface area contributed by atoms with Gasteiger partial charge in [-0.3, -0.25) is 15.1 Å². The van der Waals surface area contributed by atoms with Crippen molar-refractivity contribution in [2.45, 2.75) is 19.4 Å². The Labute approximate surface area is 111 Å². The number of nitrogens with two attached hydrogens (primary N) is 1. The molecular weight excluding hydrogens is 250 g/mol. The van der Waals surface area contributed by atoms with E-state index >= 15 is 0 Å². The number of amides is 1. The second-order valence-electron chi connectivity index (χ2n) is 4.44. The van der Waals surface area contributed by atoms with Gasteiger partial charge in [-0.15, -0.1) is 0 Å². The first-order chi connectivity index (χ1) is 8.72. The van der Waals surface area contributed by atoms with Crippen LogP contribution in [0, 0.1) is 5.92 Å². The number of nitrogen functional groups attached to an aromatic ring is 1. The van der Waals surface area contributed by atoms with Crippen LogP contribution in [0.25, 0.3) is 0 Å². The van der Waals surface area contributed by atoms with Crippen LogP contribution in [0.1, 0.15) is 17.7 Å². The Kier molecular flexibility index (Phi) is 4.51. The van der Waals surface area contributed by atoms with E-state index in [1.807, 2.05) is 6.20 Å². The summed E-state index contributed by atoms with van der Waals surface area (Å²) in [5.41, 5.74) is 2.55. The van der Waals surface area contributed by atoms with Crippen molar-refractivity contribution in [1.29, 1.82) is 0 Å². The van der Waals surface area contributed by atoms with E-state index in [0.29, 0.717) is 0 Å². The number of rotatable bonds is 4. The summed E-state index contributed by atoms with van der Waals surface area (Å²) >= 11 is 1.57. The molecule has 6 nitrogen and oxygen atoms in total. The summed E-state index contributed by atoms with van der Waals surface area (Å²) in [7, 11) is 1.70. The molecule has 1 aromatic heterocycles. The summed E-state index contributed by atoms with van der Waals surface area (Å²) in [5.74, 6) is 5.65. The lowest BCUT2D eigenvalue weighted by atomic mass is 9.96. The first kappa shape index (κ1) is 13.3. The molecule has 0 atom stereocenters. The largest absolute Gasteiger partial charge is 0.359 e. The first-order valence-corrected chi connectivity index (χ1v) is 6.90. The fraction of sp³-hybridized carbons (Fsp3) is 0.636. The van der Waals surface area contributed by atoms with Gasteiger partial charge in [-0.1, -0.05) is 11.3 Å². The zero-order chi connectivity index (χ0) is 13.0. The number of hydrogen-bond acceptors (Lipinski definition) is 6. The van der Waals surface area contributed by atoms with Gasteiger partial charge in [-0.2, -0.15) is 0 Å². The maximum absolute atomic E-state index is 11.5. The van der Waals surface area contributed by atoms with Crippen molar-refractivity contribution >= 4 is 22.4 Å². The number of hydrazine groups is 1. The van der Waals surface area contributed by atoms with E-state index in [4.69, 9.17) is 5.84 Å². The zero-order valence-electron chi connectivity index (χ0n) is 10.5. The monoisotopic (exact) mass is 269 g/mol. The van der Waals surface area contributed by atoms with Crippen molar-refractivity contribution in [2.75, 3.05) is 25.6 Å². The van der Waals surface area contributed by atoms with Gasteiger partial charge in [0.2, 0.25) is 5.91 Å². The fourth-order valence-corrected chi connectivity index (χ4v) is 2.99. The predicted octanol–water partition coefficient (Wildman–Crippen LogP) is 0.387. The molecule has 18 heavy (non-hydrogen) atoms. The summed E-state index contributed by atoms with van der Waals surface area (Å²) in [6, 6.07) is 0. The highest BCUT2D eigenvalue weighted by atomic mass is 32.1. The minimum Gasteiger partial charge on any atom is -0.359 e. The van der Waals surface area contributed by atoms with E-state index in [2.05, 4.69) is 20.6 Å². The Morgan fingerprint density at radius 3 is 2.89 bits per heavy atom. The molecule has 1 fully saturated rings. The third kappa shape index (κ3) is 3.18. The highest BCUT2D eigenvalue weighted by Crippen LogP contribution is 2.22. The quantitative estimate of drug-likeness (QED) is 0.544. The van der Waals surface area contributed by atoms with Crippen LogP contribution in [-0.4, -0.2) is 35.9 Å². The Hall–Kier alpha value is -1.18. The van der Waals surface area contributed by atoms with Crippen LogP contribution in [0.15, 0.2) is 6.20 Å². The van der Waals surface area contributed by atoms with E-state index in [-0.39, 0.29) is 11.8 Å². The molecular formula is C11H19N5OS. The van der Waals surface area contributed by atoms with Gasteiger partial charge in [0.25, 0.3) is 0 Å². The van der Waals surface area contributed by atoms with E-state index in [9.17, 15) is 4.79 Å². The van der Waals surface area contributed by atoms with Gasteiger partial charge < -0.3 is 5.32 Å². The number of thiazole rings is 1. The molecule has 1 aromatic rings. The molecule has 0 bridgehead atoms. The second-order valence-corrected chi connectivity index (χ2v) is 5.56. The minimum atomic E-state index is 0.169. The SMILES string of the molecule is CNC(=O)C1CCN(Cc2cnc(NN)s2)CC1. The Morgan fingerprint density at radius 2 is 2.33 bits per heavy atom. The Morgan fingerprint density at radius 1 is 1.61 bits per heavy atom. The van der Waals surface area contributed by atoms with Crippen molar-refractivity contribution in [2.24, 2.45) is 11.8 Å². The van der Waals surface area contributed by atoms with Crippen LogP contribution >= 0.6 is 11.3 Å². The summed E-state index contributed by atoms with van der Waals surface area (Å²) in [5, 5.41) is 3.46. The smallest absolute Gasteiger partial charge is 0.222 e. The Bertz CT molecular complexity index is 400. The van der Waals surface area contributed by atoms with Crippen molar-refractivity contribution in [1.82, 2.24) is 15.2 Å². The molecule has 0 aliphatic carbocycles. The predicted molar refractivity (Wildman–Crippen MR) is 72.0 cm³/mol. The maximum Gasteiger partial charge on any atom is 0.222 e. The van der Waals surface area contributed by atoms with Crippen molar-refractivity contribution in [3.05, 3.63) is 11.1 Å². The number of nitrogens with one attached hydrogen (secondary N) is 2. The van der Waals surface area contributed by atoms with Crippen LogP contribution in [0.5, 0.6) is 0 Å². The Balaban J connectivity index is 1.81. The van der Waals surface area contributed by atoms with Crippen LogP contribution in [0.4, 0.5) is 5.13 Å². The molecule has 0 aromatic carbocycles. The number of carbonyl (C=O) groups excluding carboxylic acids is 1. The average Bonchev–Trinajstić information content (AvgIpc) is 2.86. The number of carbonyl (C=O) groups is 1. The molecule has 4 N–H and O–H groups in total. The molecule has 0 saturated carbocycles. The van der Waals surface area contributed by atoms with Gasteiger partial charge in [-0.25, -0.2) is 10.8 Å². The molecule has 0 radical (unpaired) electrons. The van der Waals surface area contributed by atoms with Crippen LogP contribution in [-0.2, 0) is 11.3 Å². The highest BCUT2D eigenvalue weighted by molar-refractivity contribution is 7.15. The average molecular weight is 269 g/mol. The van der Waals surface area contributed by atoms with Crippen LogP contribution < -0.4 is 16.6 Å². The number of piperidine rings is 1. The molecule has 2 heterocycles. The number of anilines is 1. The molecule has 1 aliphatic rings. The molecule has 2 rings (SSSR count). The molecule has 0 spiro atoms. The number of aromatic nitrogens is 1. The van der Waals surface area contributed by atoms with Gasteiger partial charge in [-0.05, 0) is 25.9 Å². The lowest BCUT2D eigenvalue weighted by Crippen LogP contribution is -2.39. The summed E-state index contributed by atoms with van der Waals surface area (Å²) < 4.78 is 0. The lowest BCUT2D eigenvalue weighted by molar-refractivity contribution is -0.125. The second kappa shape index (κ2) is 6.12. The van der Waals surface area contributed by atoms with E-state index in [0.717, 1.165) is 37.6 Å². The van der Waals surface area contributed by atoms with Crippen molar-refractivity contribution in [3.8, 4) is 0 Å².